The van der Waals surface area contributed by atoms with Crippen LogP contribution in [-0.4, -0.2) is 40.9 Å². The molecular formula is C14H19N3O3. The van der Waals surface area contributed by atoms with E-state index >= 15 is 0 Å². The largest absolute Gasteiger partial charge is 0.334 e. The van der Waals surface area contributed by atoms with Gasteiger partial charge in [0.1, 0.15) is 0 Å². The monoisotopic (exact) mass is 277 g/mol. The molecule has 1 aliphatic heterocycles. The van der Waals surface area contributed by atoms with E-state index in [-0.39, 0.29) is 30.1 Å². The van der Waals surface area contributed by atoms with Crippen LogP contribution in [0, 0.1) is 10.1 Å². The summed E-state index contributed by atoms with van der Waals surface area (Å²) >= 11 is 0. The zero-order valence-corrected chi connectivity index (χ0v) is 11.7. The number of hydrogen-bond donors (Lipinski definition) is 1. The molecule has 1 saturated heterocycles. The van der Waals surface area contributed by atoms with Gasteiger partial charge in [-0.25, -0.2) is 0 Å². The Morgan fingerprint density at radius 2 is 1.85 bits per heavy atom. The molecule has 20 heavy (non-hydrogen) atoms. The highest BCUT2D eigenvalue weighted by molar-refractivity contribution is 5.79. The number of amides is 1. The van der Waals surface area contributed by atoms with E-state index in [1.54, 1.807) is 12.1 Å². The minimum absolute atomic E-state index is 0.0464. The van der Waals surface area contributed by atoms with Crippen molar-refractivity contribution in [2.75, 3.05) is 13.1 Å². The van der Waals surface area contributed by atoms with E-state index in [1.807, 2.05) is 18.7 Å². The molecule has 1 aliphatic rings. The first-order valence-corrected chi connectivity index (χ1v) is 6.74. The molecule has 1 amide bonds. The van der Waals surface area contributed by atoms with Crippen molar-refractivity contribution in [1.29, 1.82) is 0 Å². The van der Waals surface area contributed by atoms with Crippen LogP contribution in [-0.2, 0) is 11.2 Å². The zero-order chi connectivity index (χ0) is 14.7. The highest BCUT2D eigenvalue weighted by Crippen LogP contribution is 2.15. The summed E-state index contributed by atoms with van der Waals surface area (Å²) in [4.78, 5) is 24.4. The third-order valence-corrected chi connectivity index (χ3v) is 3.62. The van der Waals surface area contributed by atoms with Crippen LogP contribution in [0.2, 0.25) is 0 Å². The highest BCUT2D eigenvalue weighted by atomic mass is 16.6. The van der Waals surface area contributed by atoms with E-state index in [0.29, 0.717) is 0 Å². The predicted octanol–water partition coefficient (Wildman–Crippen LogP) is 1.35. The molecule has 1 N–H and O–H groups in total. The van der Waals surface area contributed by atoms with E-state index in [9.17, 15) is 14.9 Å². The lowest BCUT2D eigenvalue weighted by Crippen LogP contribution is -2.57. The quantitative estimate of drug-likeness (QED) is 0.668. The molecule has 6 nitrogen and oxygen atoms in total. The number of hydrogen-bond acceptors (Lipinski definition) is 4. The molecular weight excluding hydrogens is 258 g/mol. The minimum Gasteiger partial charge on any atom is -0.334 e. The fourth-order valence-electron chi connectivity index (χ4n) is 2.63. The lowest BCUT2D eigenvalue weighted by atomic mass is 10.1. The Morgan fingerprint density at radius 3 is 2.35 bits per heavy atom. The zero-order valence-electron chi connectivity index (χ0n) is 11.7. The Bertz CT molecular complexity index is 491. The van der Waals surface area contributed by atoms with Crippen molar-refractivity contribution in [3.05, 3.63) is 39.9 Å². The number of non-ortho nitro benzene ring substituents is 1. The molecule has 0 aliphatic carbocycles. The van der Waals surface area contributed by atoms with Crippen LogP contribution in [0.3, 0.4) is 0 Å². The van der Waals surface area contributed by atoms with Gasteiger partial charge in [0, 0.05) is 37.3 Å². The highest BCUT2D eigenvalue weighted by Gasteiger charge is 2.28. The van der Waals surface area contributed by atoms with Crippen molar-refractivity contribution in [2.45, 2.75) is 32.4 Å². The van der Waals surface area contributed by atoms with Crippen LogP contribution in [0.4, 0.5) is 5.69 Å². The summed E-state index contributed by atoms with van der Waals surface area (Å²) in [5.74, 6) is 0.0698. The second kappa shape index (κ2) is 6.00. The number of piperazine rings is 1. The summed E-state index contributed by atoms with van der Waals surface area (Å²) in [5, 5.41) is 13.9. The maximum Gasteiger partial charge on any atom is 0.269 e. The normalized spacial score (nSPS) is 22.6. The molecule has 2 rings (SSSR count). The van der Waals surface area contributed by atoms with Crippen LogP contribution in [0.15, 0.2) is 24.3 Å². The van der Waals surface area contributed by atoms with Gasteiger partial charge in [-0.2, -0.15) is 0 Å². The number of carbonyl (C=O) groups excluding carboxylic acids is 1. The molecule has 0 spiro atoms. The molecule has 0 saturated carbocycles. The Kier molecular flexibility index (Phi) is 4.34. The van der Waals surface area contributed by atoms with Crippen LogP contribution >= 0.6 is 0 Å². The van der Waals surface area contributed by atoms with Gasteiger partial charge in [0.05, 0.1) is 11.3 Å². The number of nitro groups is 1. The number of nitrogens with one attached hydrogen (secondary N) is 1. The van der Waals surface area contributed by atoms with Crippen molar-refractivity contribution >= 4 is 11.6 Å². The predicted molar refractivity (Wildman–Crippen MR) is 75.4 cm³/mol. The number of benzene rings is 1. The van der Waals surface area contributed by atoms with Crippen molar-refractivity contribution < 1.29 is 9.72 Å². The molecule has 2 atom stereocenters. The van der Waals surface area contributed by atoms with E-state index in [1.165, 1.54) is 12.1 Å². The molecule has 0 radical (unpaired) electrons. The van der Waals surface area contributed by atoms with Crippen molar-refractivity contribution in [1.82, 2.24) is 10.2 Å². The van der Waals surface area contributed by atoms with Crippen molar-refractivity contribution in [3.63, 3.8) is 0 Å². The molecule has 6 heteroatoms. The van der Waals surface area contributed by atoms with E-state index in [2.05, 4.69) is 5.32 Å². The Labute approximate surface area is 117 Å². The third-order valence-electron chi connectivity index (χ3n) is 3.62. The van der Waals surface area contributed by atoms with Gasteiger partial charge in [-0.1, -0.05) is 12.1 Å². The van der Waals surface area contributed by atoms with E-state index in [0.717, 1.165) is 18.7 Å². The van der Waals surface area contributed by atoms with Gasteiger partial charge in [0.2, 0.25) is 5.91 Å². The van der Waals surface area contributed by atoms with Gasteiger partial charge >= 0.3 is 0 Å². The molecule has 0 bridgehead atoms. The van der Waals surface area contributed by atoms with Gasteiger partial charge in [0.15, 0.2) is 0 Å². The molecule has 1 heterocycles. The van der Waals surface area contributed by atoms with Gasteiger partial charge in [0.25, 0.3) is 5.69 Å². The van der Waals surface area contributed by atoms with Crippen LogP contribution in [0.1, 0.15) is 19.4 Å². The SMILES string of the molecule is CC1CNCC(C)N1C(=O)Cc1ccc([N+](=O)[O-])cc1. The number of nitro benzene ring substituents is 1. The summed E-state index contributed by atoms with van der Waals surface area (Å²) < 4.78 is 0. The first-order chi connectivity index (χ1) is 9.49. The lowest BCUT2D eigenvalue weighted by Gasteiger charge is -2.39. The smallest absolute Gasteiger partial charge is 0.269 e. The molecule has 0 aromatic heterocycles. The molecule has 2 unspecified atom stereocenters. The average Bonchev–Trinajstić information content (AvgIpc) is 2.39. The third kappa shape index (κ3) is 3.14. The Hall–Kier alpha value is -1.95. The summed E-state index contributed by atoms with van der Waals surface area (Å²) in [6, 6.07) is 6.51. The molecule has 108 valence electrons. The fraction of sp³-hybridized carbons (Fsp3) is 0.500. The van der Waals surface area contributed by atoms with Gasteiger partial charge in [-0.05, 0) is 19.4 Å². The van der Waals surface area contributed by atoms with Gasteiger partial charge in [-0.15, -0.1) is 0 Å². The fourth-order valence-corrected chi connectivity index (χ4v) is 2.63. The van der Waals surface area contributed by atoms with Gasteiger partial charge < -0.3 is 10.2 Å². The first kappa shape index (κ1) is 14.5. The van der Waals surface area contributed by atoms with Crippen molar-refractivity contribution in [2.24, 2.45) is 0 Å². The number of carbonyl (C=O) groups is 1. The summed E-state index contributed by atoms with van der Waals surface area (Å²) in [7, 11) is 0. The standard InChI is InChI=1S/C14H19N3O3/c1-10-8-15-9-11(2)16(10)14(18)7-12-3-5-13(6-4-12)17(19)20/h3-6,10-11,15H,7-9H2,1-2H3. The van der Waals surface area contributed by atoms with Gasteiger partial charge in [-0.3, -0.25) is 14.9 Å². The Morgan fingerprint density at radius 1 is 1.30 bits per heavy atom. The van der Waals surface area contributed by atoms with E-state index < -0.39 is 4.92 Å². The minimum atomic E-state index is -0.438. The molecule has 1 aromatic rings. The molecule has 1 aromatic carbocycles. The summed E-state index contributed by atoms with van der Waals surface area (Å²) in [6.45, 7) is 5.65. The number of nitrogens with zero attached hydrogens (tertiary/aromatic N) is 2. The topological polar surface area (TPSA) is 75.5 Å². The number of rotatable bonds is 3. The Balaban J connectivity index is 2.05. The summed E-state index contributed by atoms with van der Waals surface area (Å²) in [5.41, 5.74) is 0.851. The van der Waals surface area contributed by atoms with Crippen LogP contribution in [0.5, 0.6) is 0 Å². The first-order valence-electron chi connectivity index (χ1n) is 6.74. The van der Waals surface area contributed by atoms with Crippen molar-refractivity contribution in [3.8, 4) is 0 Å². The van der Waals surface area contributed by atoms with Crippen LogP contribution in [0.25, 0.3) is 0 Å². The average molecular weight is 277 g/mol. The molecule has 1 fully saturated rings. The lowest BCUT2D eigenvalue weighted by molar-refractivity contribution is -0.384. The van der Waals surface area contributed by atoms with E-state index in [4.69, 9.17) is 0 Å². The second-order valence-electron chi connectivity index (χ2n) is 5.26. The summed E-state index contributed by atoms with van der Waals surface area (Å²) in [6.07, 6.45) is 0.284. The maximum atomic E-state index is 12.4. The van der Waals surface area contributed by atoms with Crippen LogP contribution < -0.4 is 5.32 Å². The second-order valence-corrected chi connectivity index (χ2v) is 5.26. The maximum absolute atomic E-state index is 12.4.